The molecule has 90 valence electrons. The maximum atomic E-state index is 5.06. The van der Waals surface area contributed by atoms with Gasteiger partial charge in [0.1, 0.15) is 17.5 Å². The summed E-state index contributed by atoms with van der Waals surface area (Å²) in [5, 5.41) is 4.22. The van der Waals surface area contributed by atoms with Gasteiger partial charge in [0, 0.05) is 19.7 Å². The first-order valence-electron chi connectivity index (χ1n) is 5.53. The molecule has 16 heavy (non-hydrogen) atoms. The van der Waals surface area contributed by atoms with Gasteiger partial charge in [0.05, 0.1) is 0 Å². The zero-order chi connectivity index (χ0) is 11.8. The third-order valence-corrected chi connectivity index (χ3v) is 2.95. The van der Waals surface area contributed by atoms with Crippen LogP contribution in [0, 0.1) is 0 Å². The second kappa shape index (κ2) is 7.46. The minimum absolute atomic E-state index is 0.457. The Kier molecular flexibility index (Phi) is 6.18. The van der Waals surface area contributed by atoms with Crippen molar-refractivity contribution in [2.24, 2.45) is 0 Å². The molecule has 0 aromatic carbocycles. The molecule has 0 aliphatic carbocycles. The number of thioether (sulfide) groups is 1. The van der Waals surface area contributed by atoms with Gasteiger partial charge in [0.25, 0.3) is 0 Å². The van der Waals surface area contributed by atoms with E-state index in [0.717, 1.165) is 35.4 Å². The Morgan fingerprint density at radius 2 is 2.19 bits per heavy atom. The molecule has 5 heteroatoms. The number of anilines is 1. The van der Waals surface area contributed by atoms with E-state index in [1.807, 2.05) is 6.07 Å². The zero-order valence-electron chi connectivity index (χ0n) is 10.1. The lowest BCUT2D eigenvalue weighted by molar-refractivity contribution is 0.177. The summed E-state index contributed by atoms with van der Waals surface area (Å²) in [5.41, 5.74) is 0. The fraction of sp³-hybridized carbons (Fsp3) is 0.636. The second-order valence-electron chi connectivity index (χ2n) is 3.32. The first kappa shape index (κ1) is 13.3. The van der Waals surface area contributed by atoms with Gasteiger partial charge in [-0.15, -0.1) is 11.8 Å². The van der Waals surface area contributed by atoms with Crippen LogP contribution < -0.4 is 5.32 Å². The van der Waals surface area contributed by atoms with E-state index >= 15 is 0 Å². The summed E-state index contributed by atoms with van der Waals surface area (Å²) in [6.45, 7) is 5.53. The number of hydrogen-bond donors (Lipinski definition) is 1. The van der Waals surface area contributed by atoms with E-state index in [1.54, 1.807) is 18.9 Å². The Hall–Kier alpha value is -0.810. The Bertz CT molecular complexity index is 296. The predicted molar refractivity (Wildman–Crippen MR) is 67.9 cm³/mol. The van der Waals surface area contributed by atoms with Gasteiger partial charge in [-0.05, 0) is 19.1 Å². The van der Waals surface area contributed by atoms with Crippen molar-refractivity contribution in [1.29, 1.82) is 0 Å². The molecule has 0 fully saturated rings. The monoisotopic (exact) mass is 241 g/mol. The molecule has 1 aromatic heterocycles. The van der Waals surface area contributed by atoms with Crippen molar-refractivity contribution < 1.29 is 4.74 Å². The summed E-state index contributed by atoms with van der Waals surface area (Å²) in [4.78, 5) is 8.79. The van der Waals surface area contributed by atoms with Gasteiger partial charge in [-0.3, -0.25) is 0 Å². The molecular formula is C11H19N3OS. The van der Waals surface area contributed by atoms with Crippen molar-refractivity contribution in [3.63, 3.8) is 0 Å². The van der Waals surface area contributed by atoms with Crippen LogP contribution >= 0.6 is 11.8 Å². The highest BCUT2D eigenvalue weighted by atomic mass is 32.2. The first-order valence-corrected chi connectivity index (χ1v) is 6.52. The third kappa shape index (κ3) is 4.37. The molecule has 4 nitrogen and oxygen atoms in total. The van der Waals surface area contributed by atoms with E-state index in [9.17, 15) is 0 Å². The van der Waals surface area contributed by atoms with Crippen molar-refractivity contribution in [3.05, 3.63) is 11.9 Å². The SMILES string of the molecule is CCCSc1cc(NCC)nc(COC)n1. The Labute approximate surface area is 101 Å². The van der Waals surface area contributed by atoms with Crippen molar-refractivity contribution >= 4 is 17.6 Å². The lowest BCUT2D eigenvalue weighted by atomic mass is 10.5. The molecule has 0 radical (unpaired) electrons. The number of hydrogen-bond acceptors (Lipinski definition) is 5. The smallest absolute Gasteiger partial charge is 0.157 e. The highest BCUT2D eigenvalue weighted by molar-refractivity contribution is 7.99. The van der Waals surface area contributed by atoms with Crippen LogP contribution in [0.4, 0.5) is 5.82 Å². The average Bonchev–Trinajstić information content (AvgIpc) is 2.27. The summed E-state index contributed by atoms with van der Waals surface area (Å²) in [6.07, 6.45) is 1.14. The number of methoxy groups -OCH3 is 1. The standard InChI is InChI=1S/C11H19N3OS/c1-4-6-16-11-7-9(12-5-2)13-10(14-11)8-15-3/h7H,4-6,8H2,1-3H3,(H,12,13,14). The molecule has 1 aromatic rings. The molecule has 0 saturated heterocycles. The topological polar surface area (TPSA) is 47.0 Å². The number of ether oxygens (including phenoxy) is 1. The van der Waals surface area contributed by atoms with Gasteiger partial charge in [-0.25, -0.2) is 9.97 Å². The van der Waals surface area contributed by atoms with Gasteiger partial charge >= 0.3 is 0 Å². The van der Waals surface area contributed by atoms with Crippen LogP contribution in [0.2, 0.25) is 0 Å². The van der Waals surface area contributed by atoms with E-state index in [-0.39, 0.29) is 0 Å². The molecule has 1 heterocycles. The fourth-order valence-electron chi connectivity index (χ4n) is 1.22. The molecule has 0 amide bonds. The van der Waals surface area contributed by atoms with Crippen LogP contribution in [0.1, 0.15) is 26.1 Å². The predicted octanol–water partition coefficient (Wildman–Crippen LogP) is 2.56. The van der Waals surface area contributed by atoms with Crippen LogP contribution in [0.15, 0.2) is 11.1 Å². The van der Waals surface area contributed by atoms with E-state index in [0.29, 0.717) is 6.61 Å². The lowest BCUT2D eigenvalue weighted by Crippen LogP contribution is -2.05. The van der Waals surface area contributed by atoms with E-state index in [2.05, 4.69) is 29.1 Å². The Morgan fingerprint density at radius 1 is 1.38 bits per heavy atom. The number of rotatable bonds is 7. The quantitative estimate of drug-likeness (QED) is 0.587. The van der Waals surface area contributed by atoms with Crippen LogP contribution in [0.3, 0.4) is 0 Å². The van der Waals surface area contributed by atoms with Crippen LogP contribution in [-0.4, -0.2) is 29.4 Å². The molecule has 1 rings (SSSR count). The van der Waals surface area contributed by atoms with Crippen LogP contribution in [0.5, 0.6) is 0 Å². The Balaban J connectivity index is 2.80. The molecule has 1 N–H and O–H groups in total. The van der Waals surface area contributed by atoms with E-state index in [1.165, 1.54) is 0 Å². The van der Waals surface area contributed by atoms with Gasteiger partial charge in [0.15, 0.2) is 5.82 Å². The minimum atomic E-state index is 0.457. The van der Waals surface area contributed by atoms with Crippen molar-refractivity contribution in [1.82, 2.24) is 9.97 Å². The highest BCUT2D eigenvalue weighted by Crippen LogP contribution is 2.19. The zero-order valence-corrected chi connectivity index (χ0v) is 10.9. The fourth-order valence-corrected chi connectivity index (χ4v) is 2.00. The molecule has 0 unspecified atom stereocenters. The maximum absolute atomic E-state index is 5.06. The maximum Gasteiger partial charge on any atom is 0.157 e. The van der Waals surface area contributed by atoms with Gasteiger partial charge in [-0.1, -0.05) is 6.92 Å². The molecule has 0 atom stereocenters. The summed E-state index contributed by atoms with van der Waals surface area (Å²) in [5.74, 6) is 2.69. The molecular weight excluding hydrogens is 222 g/mol. The van der Waals surface area contributed by atoms with E-state index < -0.39 is 0 Å². The summed E-state index contributed by atoms with van der Waals surface area (Å²) >= 11 is 1.75. The molecule has 0 spiro atoms. The molecule has 0 bridgehead atoms. The molecule has 0 aliphatic heterocycles. The lowest BCUT2D eigenvalue weighted by Gasteiger charge is -2.07. The molecule has 0 saturated carbocycles. The van der Waals surface area contributed by atoms with Crippen molar-refractivity contribution in [2.75, 3.05) is 24.7 Å². The second-order valence-corrected chi connectivity index (χ2v) is 4.43. The normalized spacial score (nSPS) is 10.4. The third-order valence-electron chi connectivity index (χ3n) is 1.83. The highest BCUT2D eigenvalue weighted by Gasteiger charge is 2.04. The van der Waals surface area contributed by atoms with Crippen LogP contribution in [-0.2, 0) is 11.3 Å². The van der Waals surface area contributed by atoms with Crippen LogP contribution in [0.25, 0.3) is 0 Å². The summed E-state index contributed by atoms with van der Waals surface area (Å²) in [6, 6.07) is 1.99. The van der Waals surface area contributed by atoms with Gasteiger partial charge in [-0.2, -0.15) is 0 Å². The summed E-state index contributed by atoms with van der Waals surface area (Å²) < 4.78 is 5.06. The largest absolute Gasteiger partial charge is 0.377 e. The number of nitrogens with one attached hydrogen (secondary N) is 1. The number of aromatic nitrogens is 2. The first-order chi connectivity index (χ1) is 7.80. The Morgan fingerprint density at radius 3 is 2.81 bits per heavy atom. The average molecular weight is 241 g/mol. The minimum Gasteiger partial charge on any atom is -0.377 e. The summed E-state index contributed by atoms with van der Waals surface area (Å²) in [7, 11) is 1.65. The van der Waals surface area contributed by atoms with Gasteiger partial charge in [0.2, 0.25) is 0 Å². The van der Waals surface area contributed by atoms with Crippen molar-refractivity contribution in [3.8, 4) is 0 Å². The number of nitrogens with zero attached hydrogens (tertiary/aromatic N) is 2. The van der Waals surface area contributed by atoms with Gasteiger partial charge < -0.3 is 10.1 Å². The van der Waals surface area contributed by atoms with Crippen molar-refractivity contribution in [2.45, 2.75) is 31.9 Å². The van der Waals surface area contributed by atoms with E-state index in [4.69, 9.17) is 4.74 Å². The molecule has 0 aliphatic rings.